The van der Waals surface area contributed by atoms with Gasteiger partial charge in [0.25, 0.3) is 11.6 Å². The number of carbonyl (C=O) groups is 2. The van der Waals surface area contributed by atoms with Gasteiger partial charge in [-0.1, -0.05) is 18.2 Å². The van der Waals surface area contributed by atoms with Gasteiger partial charge in [0.15, 0.2) is 0 Å². The Hall–Kier alpha value is -3.36. The van der Waals surface area contributed by atoms with Crippen molar-refractivity contribution in [3.8, 4) is 0 Å². The van der Waals surface area contributed by atoms with Crippen molar-refractivity contribution < 1.29 is 28.4 Å². The van der Waals surface area contributed by atoms with Gasteiger partial charge in [0, 0.05) is 12.1 Å². The summed E-state index contributed by atoms with van der Waals surface area (Å²) < 4.78 is 27.4. The van der Waals surface area contributed by atoms with Crippen molar-refractivity contribution in [2.75, 3.05) is 0 Å². The second kappa shape index (κ2) is 7.47. The van der Waals surface area contributed by atoms with Gasteiger partial charge in [0.05, 0.1) is 17.4 Å². The zero-order valence-electron chi connectivity index (χ0n) is 12.6. The number of hydrogen-bond donors (Lipinski definition) is 2. The quantitative estimate of drug-likeness (QED) is 0.615. The number of carbonyl (C=O) groups excluding carboxylic acids is 1. The second-order valence-electron chi connectivity index (χ2n) is 5.07. The molecule has 0 saturated heterocycles. The molecule has 2 rings (SSSR count). The molecule has 2 N–H and O–H groups in total. The summed E-state index contributed by atoms with van der Waals surface area (Å²) in [7, 11) is 0. The highest BCUT2D eigenvalue weighted by Crippen LogP contribution is 2.23. The molecular weight excluding hydrogens is 338 g/mol. The van der Waals surface area contributed by atoms with E-state index in [1.807, 2.05) is 0 Å². The van der Waals surface area contributed by atoms with Crippen molar-refractivity contribution in [1.29, 1.82) is 0 Å². The Morgan fingerprint density at radius 2 is 1.76 bits per heavy atom. The van der Waals surface area contributed by atoms with Crippen molar-refractivity contribution in [2.24, 2.45) is 0 Å². The smallest absolute Gasteiger partial charge is 0.305 e. The largest absolute Gasteiger partial charge is 0.481 e. The highest BCUT2D eigenvalue weighted by molar-refractivity contribution is 5.95. The summed E-state index contributed by atoms with van der Waals surface area (Å²) in [5.74, 6) is -4.67. The SMILES string of the molecule is O=C(O)C[C@@H](NC(=O)c1c(F)cccc1F)c1cccc([N+](=O)[O-])c1. The van der Waals surface area contributed by atoms with Crippen LogP contribution < -0.4 is 5.32 Å². The molecule has 0 fully saturated rings. The lowest BCUT2D eigenvalue weighted by Gasteiger charge is -2.18. The molecule has 130 valence electrons. The van der Waals surface area contributed by atoms with Crippen molar-refractivity contribution in [1.82, 2.24) is 5.32 Å². The summed E-state index contributed by atoms with van der Waals surface area (Å²) in [6, 6.07) is 6.62. The fourth-order valence-electron chi connectivity index (χ4n) is 2.23. The third-order valence-corrected chi connectivity index (χ3v) is 3.36. The van der Waals surface area contributed by atoms with Crippen LogP contribution in [0.4, 0.5) is 14.5 Å². The van der Waals surface area contributed by atoms with E-state index in [1.54, 1.807) is 0 Å². The third-order valence-electron chi connectivity index (χ3n) is 3.36. The lowest BCUT2D eigenvalue weighted by molar-refractivity contribution is -0.384. The lowest BCUT2D eigenvalue weighted by Crippen LogP contribution is -2.31. The number of hydrogen-bond acceptors (Lipinski definition) is 4. The van der Waals surface area contributed by atoms with Gasteiger partial charge in [-0.2, -0.15) is 0 Å². The Morgan fingerprint density at radius 3 is 2.32 bits per heavy atom. The number of carboxylic acid groups (broad SMARTS) is 1. The van der Waals surface area contributed by atoms with E-state index in [9.17, 15) is 28.5 Å². The van der Waals surface area contributed by atoms with Gasteiger partial charge >= 0.3 is 5.97 Å². The number of halogens is 2. The average molecular weight is 350 g/mol. The van der Waals surface area contributed by atoms with Crippen molar-refractivity contribution >= 4 is 17.6 Å². The Bertz CT molecular complexity index is 821. The summed E-state index contributed by atoms with van der Waals surface area (Å²) in [6.07, 6.45) is -0.622. The molecule has 1 atom stereocenters. The number of non-ortho nitro benzene ring substituents is 1. The van der Waals surface area contributed by atoms with Crippen LogP contribution in [0, 0.1) is 21.7 Å². The van der Waals surface area contributed by atoms with Gasteiger partial charge in [-0.15, -0.1) is 0 Å². The minimum atomic E-state index is -1.30. The number of rotatable bonds is 6. The molecule has 0 radical (unpaired) electrons. The summed E-state index contributed by atoms with van der Waals surface area (Å²) in [5, 5.41) is 22.0. The summed E-state index contributed by atoms with van der Waals surface area (Å²) in [6.45, 7) is 0. The molecule has 0 bridgehead atoms. The molecule has 0 aliphatic heterocycles. The summed E-state index contributed by atoms with van der Waals surface area (Å²) in [5.41, 5.74) is -1.04. The Kier molecular flexibility index (Phi) is 5.38. The van der Waals surface area contributed by atoms with Crippen LogP contribution in [0.2, 0.25) is 0 Å². The molecular formula is C16H12F2N2O5. The zero-order chi connectivity index (χ0) is 18.6. The Balaban J connectivity index is 2.35. The molecule has 2 aromatic carbocycles. The van der Waals surface area contributed by atoms with Gasteiger partial charge < -0.3 is 10.4 Å². The van der Waals surface area contributed by atoms with Gasteiger partial charge in [0.1, 0.15) is 17.2 Å². The summed E-state index contributed by atoms with van der Waals surface area (Å²) in [4.78, 5) is 33.3. The van der Waals surface area contributed by atoms with E-state index in [2.05, 4.69) is 5.32 Å². The standard InChI is InChI=1S/C16H12F2N2O5/c17-11-5-2-6-12(18)15(11)16(23)19-13(8-14(21)22)9-3-1-4-10(7-9)20(24)25/h1-7,13H,8H2,(H,19,23)(H,21,22)/t13-/m1/s1. The molecule has 0 aliphatic rings. The fraction of sp³-hybridized carbons (Fsp3) is 0.125. The van der Waals surface area contributed by atoms with Crippen LogP contribution in [0.3, 0.4) is 0 Å². The molecule has 1 amide bonds. The first-order valence-electron chi connectivity index (χ1n) is 7.00. The van der Waals surface area contributed by atoms with Crippen LogP contribution in [0.25, 0.3) is 0 Å². The first-order chi connectivity index (χ1) is 11.8. The van der Waals surface area contributed by atoms with Crippen LogP contribution in [0.15, 0.2) is 42.5 Å². The summed E-state index contributed by atoms with van der Waals surface area (Å²) >= 11 is 0. The molecule has 0 aromatic heterocycles. The van der Waals surface area contributed by atoms with E-state index < -0.39 is 46.5 Å². The average Bonchev–Trinajstić information content (AvgIpc) is 2.53. The molecule has 0 saturated carbocycles. The normalized spacial score (nSPS) is 11.6. The first-order valence-corrected chi connectivity index (χ1v) is 7.00. The molecule has 2 aromatic rings. The van der Waals surface area contributed by atoms with Gasteiger partial charge in [-0.3, -0.25) is 19.7 Å². The first kappa shape index (κ1) is 18.0. The number of benzene rings is 2. The Labute approximate surface area is 140 Å². The highest BCUT2D eigenvalue weighted by Gasteiger charge is 2.24. The van der Waals surface area contributed by atoms with E-state index in [4.69, 9.17) is 5.11 Å². The number of carboxylic acids is 1. The van der Waals surface area contributed by atoms with Crippen LogP contribution in [0.1, 0.15) is 28.4 Å². The minimum absolute atomic E-state index is 0.127. The number of nitrogens with one attached hydrogen (secondary N) is 1. The second-order valence-corrected chi connectivity index (χ2v) is 5.07. The van der Waals surface area contributed by atoms with Crippen molar-refractivity contribution in [3.63, 3.8) is 0 Å². The van der Waals surface area contributed by atoms with Gasteiger partial charge in [-0.05, 0) is 17.7 Å². The number of nitro benzene ring substituents is 1. The fourth-order valence-corrected chi connectivity index (χ4v) is 2.23. The predicted octanol–water partition coefficient (Wildman–Crippen LogP) is 2.82. The maximum atomic E-state index is 13.7. The van der Waals surface area contributed by atoms with E-state index >= 15 is 0 Å². The molecule has 0 heterocycles. The van der Waals surface area contributed by atoms with Crippen LogP contribution in [-0.4, -0.2) is 21.9 Å². The molecule has 25 heavy (non-hydrogen) atoms. The Morgan fingerprint density at radius 1 is 1.16 bits per heavy atom. The minimum Gasteiger partial charge on any atom is -0.481 e. The number of nitro groups is 1. The van der Waals surface area contributed by atoms with E-state index in [0.29, 0.717) is 0 Å². The number of amides is 1. The molecule has 0 aliphatic carbocycles. The number of nitrogens with zero attached hydrogens (tertiary/aromatic N) is 1. The lowest BCUT2D eigenvalue weighted by atomic mass is 10.0. The molecule has 0 spiro atoms. The third kappa shape index (κ3) is 4.34. The zero-order valence-corrected chi connectivity index (χ0v) is 12.6. The highest BCUT2D eigenvalue weighted by atomic mass is 19.1. The van der Waals surface area contributed by atoms with Gasteiger partial charge in [0.2, 0.25) is 0 Å². The predicted molar refractivity (Wildman–Crippen MR) is 81.9 cm³/mol. The maximum Gasteiger partial charge on any atom is 0.305 e. The van der Waals surface area contributed by atoms with E-state index in [-0.39, 0.29) is 11.3 Å². The monoisotopic (exact) mass is 350 g/mol. The molecule has 0 unspecified atom stereocenters. The van der Waals surface area contributed by atoms with Gasteiger partial charge in [-0.25, -0.2) is 8.78 Å². The topological polar surface area (TPSA) is 110 Å². The van der Waals surface area contributed by atoms with Crippen molar-refractivity contribution in [3.05, 3.63) is 75.3 Å². The number of aliphatic carboxylic acids is 1. The van der Waals surface area contributed by atoms with Crippen molar-refractivity contribution in [2.45, 2.75) is 12.5 Å². The van der Waals surface area contributed by atoms with E-state index in [0.717, 1.165) is 24.3 Å². The molecule has 7 nitrogen and oxygen atoms in total. The van der Waals surface area contributed by atoms with Crippen LogP contribution in [0.5, 0.6) is 0 Å². The van der Waals surface area contributed by atoms with Crippen LogP contribution in [-0.2, 0) is 4.79 Å². The van der Waals surface area contributed by atoms with Crippen LogP contribution >= 0.6 is 0 Å². The molecule has 9 heteroatoms. The maximum absolute atomic E-state index is 13.7. The van der Waals surface area contributed by atoms with E-state index in [1.165, 1.54) is 18.2 Å².